The number of rotatable bonds is 2. The van der Waals surface area contributed by atoms with Gasteiger partial charge in [0.1, 0.15) is 5.75 Å². The SMILES string of the molecule is O=C(Nc1ccc(O)cc1Cl)NC1CCOC1. The van der Waals surface area contributed by atoms with Crippen molar-refractivity contribution in [2.75, 3.05) is 18.5 Å². The molecule has 0 radical (unpaired) electrons. The normalized spacial score (nSPS) is 19.0. The average molecular weight is 257 g/mol. The molecular weight excluding hydrogens is 244 g/mol. The Morgan fingerprint density at radius 3 is 3.00 bits per heavy atom. The van der Waals surface area contributed by atoms with Crippen molar-refractivity contribution in [1.29, 1.82) is 0 Å². The van der Waals surface area contributed by atoms with E-state index < -0.39 is 0 Å². The van der Waals surface area contributed by atoms with Crippen LogP contribution in [0.5, 0.6) is 5.75 Å². The number of ether oxygens (including phenoxy) is 1. The van der Waals surface area contributed by atoms with Gasteiger partial charge in [-0.3, -0.25) is 0 Å². The molecule has 3 N–H and O–H groups in total. The van der Waals surface area contributed by atoms with Gasteiger partial charge in [0, 0.05) is 12.7 Å². The first-order valence-corrected chi connectivity index (χ1v) is 5.67. The molecule has 1 aromatic carbocycles. The van der Waals surface area contributed by atoms with Crippen molar-refractivity contribution in [2.45, 2.75) is 12.5 Å². The Hall–Kier alpha value is -1.46. The van der Waals surface area contributed by atoms with E-state index >= 15 is 0 Å². The zero-order chi connectivity index (χ0) is 12.3. The molecule has 0 aromatic heterocycles. The number of amides is 2. The molecule has 1 fully saturated rings. The molecule has 1 aromatic rings. The van der Waals surface area contributed by atoms with Crippen LogP contribution in [0.4, 0.5) is 10.5 Å². The molecule has 1 atom stereocenters. The van der Waals surface area contributed by atoms with E-state index in [2.05, 4.69) is 10.6 Å². The maximum absolute atomic E-state index is 11.6. The van der Waals surface area contributed by atoms with Gasteiger partial charge < -0.3 is 20.5 Å². The van der Waals surface area contributed by atoms with E-state index in [9.17, 15) is 9.90 Å². The molecule has 2 amide bonds. The number of hydrogen-bond acceptors (Lipinski definition) is 3. The molecule has 0 spiro atoms. The van der Waals surface area contributed by atoms with Crippen molar-refractivity contribution < 1.29 is 14.6 Å². The fraction of sp³-hybridized carbons (Fsp3) is 0.364. The number of halogens is 1. The number of carbonyl (C=O) groups is 1. The Morgan fingerprint density at radius 1 is 1.53 bits per heavy atom. The number of carbonyl (C=O) groups excluding carboxylic acids is 1. The number of urea groups is 1. The summed E-state index contributed by atoms with van der Waals surface area (Å²) < 4.78 is 5.15. The molecule has 1 saturated heterocycles. The standard InChI is InChI=1S/C11H13ClN2O3/c12-9-5-8(15)1-2-10(9)14-11(16)13-7-3-4-17-6-7/h1-2,5,7,15H,3-4,6H2,(H2,13,14,16). The Balaban J connectivity index is 1.93. The molecule has 92 valence electrons. The van der Waals surface area contributed by atoms with Crippen molar-refractivity contribution in [2.24, 2.45) is 0 Å². The molecule has 6 heteroatoms. The average Bonchev–Trinajstić information content (AvgIpc) is 2.75. The second-order valence-corrected chi connectivity index (χ2v) is 4.23. The third kappa shape index (κ3) is 3.25. The molecule has 2 rings (SSSR count). The highest BCUT2D eigenvalue weighted by atomic mass is 35.5. The molecule has 0 aliphatic carbocycles. The minimum Gasteiger partial charge on any atom is -0.508 e. The maximum atomic E-state index is 11.6. The van der Waals surface area contributed by atoms with Crippen molar-refractivity contribution >= 4 is 23.3 Å². The lowest BCUT2D eigenvalue weighted by Gasteiger charge is -2.12. The topological polar surface area (TPSA) is 70.6 Å². The smallest absolute Gasteiger partial charge is 0.319 e. The van der Waals surface area contributed by atoms with Crippen molar-refractivity contribution in [3.8, 4) is 5.75 Å². The molecule has 17 heavy (non-hydrogen) atoms. The van der Waals surface area contributed by atoms with Crippen LogP contribution in [0, 0.1) is 0 Å². The van der Waals surface area contributed by atoms with E-state index in [1.54, 1.807) is 6.07 Å². The van der Waals surface area contributed by atoms with E-state index in [4.69, 9.17) is 16.3 Å². The Morgan fingerprint density at radius 2 is 2.35 bits per heavy atom. The fourth-order valence-electron chi connectivity index (χ4n) is 1.60. The highest BCUT2D eigenvalue weighted by molar-refractivity contribution is 6.33. The fourth-order valence-corrected chi connectivity index (χ4v) is 1.82. The van der Waals surface area contributed by atoms with Crippen LogP contribution in [-0.2, 0) is 4.74 Å². The van der Waals surface area contributed by atoms with Gasteiger partial charge in [0.2, 0.25) is 0 Å². The van der Waals surface area contributed by atoms with Crippen LogP contribution in [0.2, 0.25) is 5.02 Å². The van der Waals surface area contributed by atoms with Crippen LogP contribution in [0.3, 0.4) is 0 Å². The molecule has 1 aliphatic heterocycles. The number of benzene rings is 1. The first kappa shape index (κ1) is 12.0. The van der Waals surface area contributed by atoms with Gasteiger partial charge in [-0.25, -0.2) is 4.79 Å². The van der Waals surface area contributed by atoms with Gasteiger partial charge in [-0.2, -0.15) is 0 Å². The Labute approximate surface area is 104 Å². The van der Waals surface area contributed by atoms with Crippen LogP contribution < -0.4 is 10.6 Å². The summed E-state index contributed by atoms with van der Waals surface area (Å²) in [5.41, 5.74) is 0.459. The summed E-state index contributed by atoms with van der Waals surface area (Å²) in [7, 11) is 0. The second kappa shape index (κ2) is 5.25. The molecule has 1 heterocycles. The molecular formula is C11H13ClN2O3. The lowest BCUT2D eigenvalue weighted by molar-refractivity contribution is 0.189. The summed E-state index contributed by atoms with van der Waals surface area (Å²) >= 11 is 5.86. The van der Waals surface area contributed by atoms with Gasteiger partial charge >= 0.3 is 6.03 Å². The van der Waals surface area contributed by atoms with E-state index in [1.165, 1.54) is 12.1 Å². The predicted octanol–water partition coefficient (Wildman–Crippen LogP) is 1.96. The first-order valence-electron chi connectivity index (χ1n) is 5.29. The quantitative estimate of drug-likeness (QED) is 0.709. The zero-order valence-electron chi connectivity index (χ0n) is 9.07. The number of phenols is 1. The van der Waals surface area contributed by atoms with E-state index in [0.717, 1.165) is 6.42 Å². The molecule has 5 nitrogen and oxygen atoms in total. The van der Waals surface area contributed by atoms with Crippen LogP contribution in [0.15, 0.2) is 18.2 Å². The van der Waals surface area contributed by atoms with Crippen LogP contribution in [-0.4, -0.2) is 30.4 Å². The van der Waals surface area contributed by atoms with E-state index in [1.807, 2.05) is 0 Å². The van der Waals surface area contributed by atoms with E-state index in [-0.39, 0.29) is 17.8 Å². The van der Waals surface area contributed by atoms with Crippen molar-refractivity contribution in [3.05, 3.63) is 23.2 Å². The van der Waals surface area contributed by atoms with Gasteiger partial charge in [0.05, 0.1) is 23.4 Å². The summed E-state index contributed by atoms with van der Waals surface area (Å²) in [5.74, 6) is 0.0603. The molecule has 0 saturated carbocycles. The van der Waals surface area contributed by atoms with E-state index in [0.29, 0.717) is 23.9 Å². The number of aromatic hydroxyl groups is 1. The summed E-state index contributed by atoms with van der Waals surface area (Å²) in [4.78, 5) is 11.6. The minimum absolute atomic E-state index is 0.0471. The summed E-state index contributed by atoms with van der Waals surface area (Å²) in [6, 6.07) is 4.09. The number of anilines is 1. The van der Waals surface area contributed by atoms with Gasteiger partial charge in [0.15, 0.2) is 0 Å². The number of phenolic OH excluding ortho intramolecular Hbond substituents is 1. The lowest BCUT2D eigenvalue weighted by atomic mass is 10.2. The second-order valence-electron chi connectivity index (χ2n) is 3.82. The third-order valence-electron chi connectivity index (χ3n) is 2.47. The largest absolute Gasteiger partial charge is 0.508 e. The predicted molar refractivity (Wildman–Crippen MR) is 64.5 cm³/mol. The van der Waals surface area contributed by atoms with Crippen LogP contribution in [0.25, 0.3) is 0 Å². The van der Waals surface area contributed by atoms with Gasteiger partial charge in [-0.05, 0) is 18.6 Å². The third-order valence-corrected chi connectivity index (χ3v) is 2.78. The van der Waals surface area contributed by atoms with Gasteiger partial charge in [0.25, 0.3) is 0 Å². The van der Waals surface area contributed by atoms with Crippen molar-refractivity contribution in [1.82, 2.24) is 5.32 Å². The van der Waals surface area contributed by atoms with Crippen molar-refractivity contribution in [3.63, 3.8) is 0 Å². The molecule has 1 aliphatic rings. The summed E-state index contributed by atoms with van der Waals surface area (Å²) in [5, 5.41) is 14.9. The summed E-state index contributed by atoms with van der Waals surface area (Å²) in [6.07, 6.45) is 0.816. The highest BCUT2D eigenvalue weighted by Gasteiger charge is 2.18. The zero-order valence-corrected chi connectivity index (χ0v) is 9.83. The Kier molecular flexibility index (Phi) is 3.71. The van der Waals surface area contributed by atoms with Crippen LogP contribution in [0.1, 0.15) is 6.42 Å². The number of hydrogen-bond donors (Lipinski definition) is 3. The maximum Gasteiger partial charge on any atom is 0.319 e. The molecule has 1 unspecified atom stereocenters. The lowest BCUT2D eigenvalue weighted by Crippen LogP contribution is -2.38. The number of nitrogens with one attached hydrogen (secondary N) is 2. The monoisotopic (exact) mass is 256 g/mol. The van der Waals surface area contributed by atoms with Crippen LogP contribution >= 0.6 is 11.6 Å². The Bertz CT molecular complexity index is 419. The van der Waals surface area contributed by atoms with Gasteiger partial charge in [-0.15, -0.1) is 0 Å². The minimum atomic E-state index is -0.326. The summed E-state index contributed by atoms with van der Waals surface area (Å²) in [6.45, 7) is 1.21. The first-order chi connectivity index (χ1) is 8.15. The highest BCUT2D eigenvalue weighted by Crippen LogP contribution is 2.25. The van der Waals surface area contributed by atoms with Gasteiger partial charge in [-0.1, -0.05) is 11.6 Å². The molecule has 0 bridgehead atoms.